The van der Waals surface area contributed by atoms with Gasteiger partial charge in [0.2, 0.25) is 0 Å². The molecule has 1 aromatic heterocycles. The second kappa shape index (κ2) is 5.67. The fourth-order valence-electron chi connectivity index (χ4n) is 2.07. The molecule has 0 aromatic carbocycles. The van der Waals surface area contributed by atoms with Crippen LogP contribution in [0.25, 0.3) is 0 Å². The van der Waals surface area contributed by atoms with Gasteiger partial charge in [0, 0.05) is 20.1 Å². The van der Waals surface area contributed by atoms with Gasteiger partial charge in [-0.1, -0.05) is 6.42 Å². The minimum Gasteiger partial charge on any atom is -0.369 e. The van der Waals surface area contributed by atoms with Crippen LogP contribution in [0.15, 0.2) is 10.8 Å². The molecule has 1 N–H and O–H groups in total. The van der Waals surface area contributed by atoms with Crippen LogP contribution in [0, 0.1) is 5.92 Å². The van der Waals surface area contributed by atoms with E-state index in [-0.39, 0.29) is 0 Å². The van der Waals surface area contributed by atoms with Gasteiger partial charge in [-0.2, -0.15) is 0 Å². The summed E-state index contributed by atoms with van der Waals surface area (Å²) in [4.78, 5) is 10.8. The molecule has 0 spiro atoms. The van der Waals surface area contributed by atoms with Crippen LogP contribution >= 0.6 is 15.9 Å². The van der Waals surface area contributed by atoms with Crippen molar-refractivity contribution in [2.75, 3.05) is 30.4 Å². The molecular formula is C12H19BrN4. The lowest BCUT2D eigenvalue weighted by molar-refractivity contribution is 0.321. The molecule has 0 unspecified atom stereocenters. The largest absolute Gasteiger partial charge is 0.369 e. The highest BCUT2D eigenvalue weighted by molar-refractivity contribution is 9.10. The van der Waals surface area contributed by atoms with Gasteiger partial charge in [-0.25, -0.2) is 9.97 Å². The first-order valence-electron chi connectivity index (χ1n) is 6.18. The summed E-state index contributed by atoms with van der Waals surface area (Å²) in [6.45, 7) is 4.01. The molecule has 0 atom stereocenters. The smallest absolute Gasteiger partial charge is 0.148 e. The van der Waals surface area contributed by atoms with E-state index >= 15 is 0 Å². The Bertz CT molecular complexity index is 379. The second-order valence-corrected chi connectivity index (χ2v) is 5.36. The number of rotatable bonds is 5. The van der Waals surface area contributed by atoms with Crippen LogP contribution in [-0.4, -0.2) is 30.1 Å². The standard InChI is InChI=1S/C12H19BrN4/c1-3-14-11-10(13)12(16-8-15-11)17(2)7-9-5-4-6-9/h8-9H,3-7H2,1-2H3,(H,14,15,16). The monoisotopic (exact) mass is 298 g/mol. The number of hydrogen-bond donors (Lipinski definition) is 1. The van der Waals surface area contributed by atoms with Crippen LogP contribution in [0.2, 0.25) is 0 Å². The van der Waals surface area contributed by atoms with Gasteiger partial charge < -0.3 is 10.2 Å². The maximum Gasteiger partial charge on any atom is 0.148 e. The van der Waals surface area contributed by atoms with Crippen LogP contribution in [-0.2, 0) is 0 Å². The molecule has 1 saturated carbocycles. The van der Waals surface area contributed by atoms with Crippen molar-refractivity contribution in [3.05, 3.63) is 10.8 Å². The maximum absolute atomic E-state index is 4.36. The Labute approximate surface area is 111 Å². The molecular weight excluding hydrogens is 280 g/mol. The van der Waals surface area contributed by atoms with E-state index in [4.69, 9.17) is 0 Å². The van der Waals surface area contributed by atoms with Crippen LogP contribution in [0.1, 0.15) is 26.2 Å². The summed E-state index contributed by atoms with van der Waals surface area (Å²) in [5.41, 5.74) is 0. The topological polar surface area (TPSA) is 41.1 Å². The maximum atomic E-state index is 4.36. The van der Waals surface area contributed by atoms with Gasteiger partial charge in [0.1, 0.15) is 22.4 Å². The lowest BCUT2D eigenvalue weighted by Gasteiger charge is -2.31. The van der Waals surface area contributed by atoms with Crippen LogP contribution in [0.4, 0.5) is 11.6 Å². The summed E-state index contributed by atoms with van der Waals surface area (Å²) in [7, 11) is 2.10. The fourth-order valence-corrected chi connectivity index (χ4v) is 2.71. The molecule has 94 valence electrons. The highest BCUT2D eigenvalue weighted by Gasteiger charge is 2.21. The Hall–Kier alpha value is -0.840. The Morgan fingerprint density at radius 3 is 2.82 bits per heavy atom. The van der Waals surface area contributed by atoms with Gasteiger partial charge in [0.15, 0.2) is 0 Å². The van der Waals surface area contributed by atoms with E-state index in [9.17, 15) is 0 Å². The van der Waals surface area contributed by atoms with Crippen molar-refractivity contribution in [1.29, 1.82) is 0 Å². The first-order valence-corrected chi connectivity index (χ1v) is 6.97. The third-order valence-corrected chi connectivity index (χ3v) is 3.96. The first kappa shape index (κ1) is 12.6. The highest BCUT2D eigenvalue weighted by Crippen LogP contribution is 2.32. The molecule has 4 nitrogen and oxygen atoms in total. The Morgan fingerprint density at radius 2 is 2.24 bits per heavy atom. The SMILES string of the molecule is CCNc1ncnc(N(C)CC2CCC2)c1Br. The van der Waals surface area contributed by atoms with Crippen molar-refractivity contribution in [2.45, 2.75) is 26.2 Å². The van der Waals surface area contributed by atoms with Crippen LogP contribution in [0.3, 0.4) is 0 Å². The number of halogens is 1. The number of anilines is 2. The number of aromatic nitrogens is 2. The van der Waals surface area contributed by atoms with E-state index in [1.165, 1.54) is 19.3 Å². The zero-order valence-electron chi connectivity index (χ0n) is 10.4. The van der Waals surface area contributed by atoms with Crippen molar-refractivity contribution in [1.82, 2.24) is 9.97 Å². The van der Waals surface area contributed by atoms with Crippen LogP contribution < -0.4 is 10.2 Å². The molecule has 2 rings (SSSR count). The number of hydrogen-bond acceptors (Lipinski definition) is 4. The molecule has 1 fully saturated rings. The fraction of sp³-hybridized carbons (Fsp3) is 0.667. The molecule has 17 heavy (non-hydrogen) atoms. The van der Waals surface area contributed by atoms with Gasteiger partial charge in [0.25, 0.3) is 0 Å². The molecule has 0 radical (unpaired) electrons. The lowest BCUT2D eigenvalue weighted by atomic mass is 9.85. The van der Waals surface area contributed by atoms with E-state index in [1.807, 2.05) is 0 Å². The molecule has 0 aliphatic heterocycles. The lowest BCUT2D eigenvalue weighted by Crippen LogP contribution is -2.30. The average molecular weight is 299 g/mol. The molecule has 5 heteroatoms. The Morgan fingerprint density at radius 1 is 1.47 bits per heavy atom. The number of nitrogens with zero attached hydrogens (tertiary/aromatic N) is 3. The van der Waals surface area contributed by atoms with Gasteiger partial charge >= 0.3 is 0 Å². The van der Waals surface area contributed by atoms with E-state index in [2.05, 4.69) is 50.1 Å². The Balaban J connectivity index is 2.10. The summed E-state index contributed by atoms with van der Waals surface area (Å²) in [6.07, 6.45) is 5.71. The molecule has 1 heterocycles. The second-order valence-electron chi connectivity index (χ2n) is 4.57. The minimum absolute atomic E-state index is 0.837. The summed E-state index contributed by atoms with van der Waals surface area (Å²) in [5.74, 6) is 2.69. The molecule has 0 amide bonds. The summed E-state index contributed by atoms with van der Waals surface area (Å²) in [6, 6.07) is 0. The van der Waals surface area contributed by atoms with Crippen molar-refractivity contribution in [2.24, 2.45) is 5.92 Å². The normalized spacial score (nSPS) is 15.5. The molecule has 0 bridgehead atoms. The van der Waals surface area contributed by atoms with Gasteiger partial charge in [-0.15, -0.1) is 0 Å². The molecule has 1 aliphatic carbocycles. The minimum atomic E-state index is 0.837. The molecule has 1 aliphatic rings. The number of nitrogens with one attached hydrogen (secondary N) is 1. The zero-order valence-corrected chi connectivity index (χ0v) is 12.0. The molecule has 1 aromatic rings. The quantitative estimate of drug-likeness (QED) is 0.907. The third-order valence-electron chi connectivity index (χ3n) is 3.23. The highest BCUT2D eigenvalue weighted by atomic mass is 79.9. The van der Waals surface area contributed by atoms with Crippen molar-refractivity contribution in [3.63, 3.8) is 0 Å². The van der Waals surface area contributed by atoms with Gasteiger partial charge in [0.05, 0.1) is 0 Å². The zero-order chi connectivity index (χ0) is 12.3. The van der Waals surface area contributed by atoms with Gasteiger partial charge in [-0.3, -0.25) is 0 Å². The van der Waals surface area contributed by atoms with Gasteiger partial charge in [-0.05, 0) is 41.6 Å². The Kier molecular flexibility index (Phi) is 4.20. The van der Waals surface area contributed by atoms with Crippen molar-refractivity contribution < 1.29 is 0 Å². The third kappa shape index (κ3) is 2.89. The predicted octanol–water partition coefficient (Wildman–Crippen LogP) is 2.91. The van der Waals surface area contributed by atoms with Crippen molar-refractivity contribution in [3.8, 4) is 0 Å². The summed E-state index contributed by atoms with van der Waals surface area (Å²) in [5, 5.41) is 3.23. The van der Waals surface area contributed by atoms with Crippen LogP contribution in [0.5, 0.6) is 0 Å². The summed E-state index contributed by atoms with van der Waals surface area (Å²) >= 11 is 3.58. The summed E-state index contributed by atoms with van der Waals surface area (Å²) < 4.78 is 0.962. The van der Waals surface area contributed by atoms with Crippen molar-refractivity contribution >= 4 is 27.6 Å². The predicted molar refractivity (Wildman–Crippen MR) is 74.5 cm³/mol. The first-order chi connectivity index (χ1) is 8.22. The van der Waals surface area contributed by atoms with E-state index in [0.29, 0.717) is 0 Å². The van der Waals surface area contributed by atoms with E-state index < -0.39 is 0 Å². The average Bonchev–Trinajstić information content (AvgIpc) is 2.26. The van der Waals surface area contributed by atoms with E-state index in [0.717, 1.165) is 35.1 Å². The van der Waals surface area contributed by atoms with E-state index in [1.54, 1.807) is 6.33 Å². The molecule has 0 saturated heterocycles.